The zero-order chi connectivity index (χ0) is 16.7. The van der Waals surface area contributed by atoms with E-state index >= 15 is 0 Å². The number of carbonyl (C=O) groups excluding carboxylic acids is 1. The van der Waals surface area contributed by atoms with Gasteiger partial charge in [-0.2, -0.15) is 0 Å². The zero-order valence-corrected chi connectivity index (χ0v) is 13.2. The van der Waals surface area contributed by atoms with E-state index in [9.17, 15) is 9.59 Å². The Kier molecular flexibility index (Phi) is 5.80. The number of hydrogen-bond donors (Lipinski definition) is 2. The molecule has 0 aliphatic rings. The molecule has 6 nitrogen and oxygen atoms in total. The van der Waals surface area contributed by atoms with Crippen LogP contribution < -0.4 is 15.5 Å². The summed E-state index contributed by atoms with van der Waals surface area (Å²) in [6.07, 6.45) is 5.99. The highest BCUT2D eigenvalue weighted by atomic mass is 16.5. The molecule has 2 heterocycles. The lowest BCUT2D eigenvalue weighted by atomic mass is 10.2. The first-order chi connectivity index (χ1) is 11.0. The van der Waals surface area contributed by atoms with Gasteiger partial charge in [-0.1, -0.05) is 13.8 Å². The molecular weight excluding hydrogens is 296 g/mol. The van der Waals surface area contributed by atoms with E-state index in [2.05, 4.69) is 10.3 Å². The molecule has 0 fully saturated rings. The Morgan fingerprint density at radius 1 is 1.48 bits per heavy atom. The Bertz CT molecular complexity index is 714. The number of furan rings is 1. The number of aromatic nitrogens is 1. The van der Waals surface area contributed by atoms with Crippen LogP contribution in [0.2, 0.25) is 0 Å². The van der Waals surface area contributed by atoms with Crippen LogP contribution in [0.25, 0.3) is 6.08 Å². The first-order valence-electron chi connectivity index (χ1n) is 7.38. The summed E-state index contributed by atoms with van der Waals surface area (Å²) in [5.74, 6) is 0.948. The van der Waals surface area contributed by atoms with Crippen LogP contribution in [0, 0.1) is 5.92 Å². The lowest BCUT2D eigenvalue weighted by Gasteiger charge is -2.08. The molecule has 0 bridgehead atoms. The summed E-state index contributed by atoms with van der Waals surface area (Å²) in [7, 11) is 0. The normalized spacial score (nSPS) is 11.1. The third kappa shape index (κ3) is 5.50. The summed E-state index contributed by atoms with van der Waals surface area (Å²) < 4.78 is 10.5. The molecule has 0 saturated carbocycles. The predicted molar refractivity (Wildman–Crippen MR) is 87.0 cm³/mol. The molecule has 2 N–H and O–H groups in total. The second kappa shape index (κ2) is 8.03. The molecule has 0 unspecified atom stereocenters. The van der Waals surface area contributed by atoms with Crippen LogP contribution in [-0.2, 0) is 11.3 Å². The van der Waals surface area contributed by atoms with E-state index in [1.807, 2.05) is 13.8 Å². The van der Waals surface area contributed by atoms with Crippen molar-refractivity contribution in [3.8, 4) is 5.75 Å². The third-order valence-electron chi connectivity index (χ3n) is 2.90. The van der Waals surface area contributed by atoms with Gasteiger partial charge in [0.1, 0.15) is 5.76 Å². The van der Waals surface area contributed by atoms with E-state index < -0.39 is 0 Å². The average Bonchev–Trinajstić information content (AvgIpc) is 3.03. The molecule has 122 valence electrons. The van der Waals surface area contributed by atoms with Crippen molar-refractivity contribution in [2.75, 3.05) is 6.61 Å². The number of H-pyrrole nitrogens is 1. The van der Waals surface area contributed by atoms with Crippen molar-refractivity contribution in [3.63, 3.8) is 0 Å². The maximum Gasteiger partial charge on any atom is 0.244 e. The number of amides is 1. The van der Waals surface area contributed by atoms with Crippen LogP contribution in [0.3, 0.4) is 0 Å². The van der Waals surface area contributed by atoms with Crippen LogP contribution in [0.5, 0.6) is 5.75 Å². The molecule has 0 aliphatic heterocycles. The minimum Gasteiger partial charge on any atom is -0.488 e. The fourth-order valence-electron chi connectivity index (χ4n) is 1.76. The number of aromatic amines is 1. The first kappa shape index (κ1) is 16.6. The molecule has 23 heavy (non-hydrogen) atoms. The molecule has 2 aromatic heterocycles. The topological polar surface area (TPSA) is 84.3 Å². The van der Waals surface area contributed by atoms with Crippen LogP contribution in [0.15, 0.2) is 45.9 Å². The highest BCUT2D eigenvalue weighted by molar-refractivity contribution is 5.91. The summed E-state index contributed by atoms with van der Waals surface area (Å²) in [5.41, 5.74) is 0.395. The SMILES string of the molecule is CC(C)COc1c[nH]c(CNC(=O)/C=C/c2ccco2)cc1=O. The monoisotopic (exact) mass is 316 g/mol. The van der Waals surface area contributed by atoms with Gasteiger partial charge in [0.15, 0.2) is 5.75 Å². The summed E-state index contributed by atoms with van der Waals surface area (Å²) in [6.45, 7) is 4.72. The second-order valence-electron chi connectivity index (χ2n) is 5.46. The maximum absolute atomic E-state index is 11.9. The average molecular weight is 316 g/mol. The third-order valence-corrected chi connectivity index (χ3v) is 2.90. The van der Waals surface area contributed by atoms with Gasteiger partial charge in [-0.05, 0) is 24.1 Å². The van der Waals surface area contributed by atoms with Crippen LogP contribution in [0.4, 0.5) is 0 Å². The highest BCUT2D eigenvalue weighted by Gasteiger charge is 2.05. The fourth-order valence-corrected chi connectivity index (χ4v) is 1.76. The number of rotatable bonds is 7. The van der Waals surface area contributed by atoms with E-state index in [1.165, 1.54) is 24.6 Å². The van der Waals surface area contributed by atoms with Crippen molar-refractivity contribution in [1.82, 2.24) is 10.3 Å². The second-order valence-corrected chi connectivity index (χ2v) is 5.46. The molecule has 1 amide bonds. The molecule has 0 saturated heterocycles. The summed E-state index contributed by atoms with van der Waals surface area (Å²) in [6, 6.07) is 4.91. The van der Waals surface area contributed by atoms with Gasteiger partial charge < -0.3 is 19.5 Å². The molecule has 2 aromatic rings. The van der Waals surface area contributed by atoms with Crippen molar-refractivity contribution in [2.24, 2.45) is 5.92 Å². The number of nitrogens with one attached hydrogen (secondary N) is 2. The molecule has 0 aliphatic carbocycles. The predicted octanol–water partition coefficient (Wildman–Crippen LogP) is 2.33. The molecule has 0 spiro atoms. The first-order valence-corrected chi connectivity index (χ1v) is 7.38. The van der Waals surface area contributed by atoms with Crippen LogP contribution in [0.1, 0.15) is 25.3 Å². The standard InChI is InChI=1S/C17H20N2O4/c1-12(2)11-23-16-10-18-13(8-15(16)20)9-19-17(21)6-5-14-4-3-7-22-14/h3-8,10,12H,9,11H2,1-2H3,(H,18,20)(H,19,21)/b6-5+. The Labute approximate surface area is 134 Å². The summed E-state index contributed by atoms with van der Waals surface area (Å²) >= 11 is 0. The number of pyridine rings is 1. The van der Waals surface area contributed by atoms with Gasteiger partial charge in [-0.3, -0.25) is 9.59 Å². The van der Waals surface area contributed by atoms with Gasteiger partial charge in [0.2, 0.25) is 11.3 Å². The molecule has 0 radical (unpaired) electrons. The van der Waals surface area contributed by atoms with E-state index in [0.29, 0.717) is 24.0 Å². The van der Waals surface area contributed by atoms with Crippen molar-refractivity contribution in [1.29, 1.82) is 0 Å². The summed E-state index contributed by atoms with van der Waals surface area (Å²) in [5, 5.41) is 2.68. The van der Waals surface area contributed by atoms with Gasteiger partial charge in [0, 0.05) is 24.0 Å². The lowest BCUT2D eigenvalue weighted by Crippen LogP contribution is -2.22. The quantitative estimate of drug-likeness (QED) is 0.768. The summed E-state index contributed by atoms with van der Waals surface area (Å²) in [4.78, 5) is 26.5. The van der Waals surface area contributed by atoms with Crippen molar-refractivity contribution in [3.05, 3.63) is 58.4 Å². The smallest absolute Gasteiger partial charge is 0.244 e. The number of hydrogen-bond acceptors (Lipinski definition) is 4. The van der Waals surface area contributed by atoms with Crippen LogP contribution >= 0.6 is 0 Å². The Hall–Kier alpha value is -2.76. The molecule has 0 aromatic carbocycles. The fraction of sp³-hybridized carbons (Fsp3) is 0.294. The Balaban J connectivity index is 1.87. The van der Waals surface area contributed by atoms with E-state index in [4.69, 9.17) is 9.15 Å². The Morgan fingerprint density at radius 2 is 2.30 bits per heavy atom. The largest absolute Gasteiger partial charge is 0.488 e. The molecular formula is C17H20N2O4. The van der Waals surface area contributed by atoms with Gasteiger partial charge in [-0.25, -0.2) is 0 Å². The van der Waals surface area contributed by atoms with Crippen molar-refractivity contribution >= 4 is 12.0 Å². The minimum absolute atomic E-state index is 0.209. The number of ether oxygens (including phenoxy) is 1. The lowest BCUT2D eigenvalue weighted by molar-refractivity contribution is -0.116. The Morgan fingerprint density at radius 3 is 2.96 bits per heavy atom. The van der Waals surface area contributed by atoms with E-state index in [-0.39, 0.29) is 23.6 Å². The molecule has 0 atom stereocenters. The maximum atomic E-state index is 11.9. The van der Waals surface area contributed by atoms with Crippen molar-refractivity contribution < 1.29 is 13.9 Å². The van der Waals surface area contributed by atoms with Crippen molar-refractivity contribution in [2.45, 2.75) is 20.4 Å². The van der Waals surface area contributed by atoms with Gasteiger partial charge >= 0.3 is 0 Å². The van der Waals surface area contributed by atoms with Gasteiger partial charge in [0.25, 0.3) is 0 Å². The van der Waals surface area contributed by atoms with E-state index in [0.717, 1.165) is 0 Å². The molecule has 6 heteroatoms. The minimum atomic E-state index is -0.276. The number of carbonyl (C=O) groups is 1. The highest BCUT2D eigenvalue weighted by Crippen LogP contribution is 2.05. The van der Waals surface area contributed by atoms with Gasteiger partial charge in [-0.15, -0.1) is 0 Å². The zero-order valence-electron chi connectivity index (χ0n) is 13.2. The van der Waals surface area contributed by atoms with E-state index in [1.54, 1.807) is 18.2 Å². The molecule has 2 rings (SSSR count). The van der Waals surface area contributed by atoms with Gasteiger partial charge in [0.05, 0.1) is 19.4 Å². The van der Waals surface area contributed by atoms with Crippen LogP contribution in [-0.4, -0.2) is 17.5 Å².